The molecule has 0 bridgehead atoms. The first-order valence-corrected chi connectivity index (χ1v) is 10.4. The van der Waals surface area contributed by atoms with Gasteiger partial charge in [0.2, 0.25) is 0 Å². The molecule has 0 amide bonds. The van der Waals surface area contributed by atoms with Crippen molar-refractivity contribution in [1.82, 2.24) is 0 Å². The minimum absolute atomic E-state index is 0.0287. The summed E-state index contributed by atoms with van der Waals surface area (Å²) < 4.78 is 33.8. The van der Waals surface area contributed by atoms with Crippen molar-refractivity contribution in [3.63, 3.8) is 0 Å². The van der Waals surface area contributed by atoms with E-state index in [2.05, 4.69) is 60.7 Å². The van der Waals surface area contributed by atoms with Crippen molar-refractivity contribution >= 4 is 10.1 Å². The zero-order chi connectivity index (χ0) is 16.5. The highest BCUT2D eigenvalue weighted by Gasteiger charge is 2.12. The van der Waals surface area contributed by atoms with Gasteiger partial charge in [0.25, 0.3) is 0 Å². The van der Waals surface area contributed by atoms with E-state index in [9.17, 15) is 13.0 Å². The van der Waals surface area contributed by atoms with Gasteiger partial charge in [0.05, 0.1) is 4.90 Å². The minimum Gasteiger partial charge on any atom is -0.744 e. The Bertz CT molecular complexity index is 767. The van der Waals surface area contributed by atoms with E-state index in [4.69, 9.17) is 0 Å². The van der Waals surface area contributed by atoms with E-state index in [0.717, 1.165) is 0 Å². The van der Waals surface area contributed by atoms with Crippen LogP contribution < -0.4 is 21.2 Å². The molecule has 0 fully saturated rings. The first-order chi connectivity index (χ1) is 11.1. The smallest absolute Gasteiger partial charge is 0.357 e. The van der Waals surface area contributed by atoms with Crippen LogP contribution in [0.25, 0.3) is 0 Å². The van der Waals surface area contributed by atoms with Gasteiger partial charge in [0, 0.05) is 0 Å². The highest BCUT2D eigenvalue weighted by Crippen LogP contribution is 2.04. The third kappa shape index (κ3) is 6.52. The zero-order valence-electron chi connectivity index (χ0n) is 12.2. The maximum absolute atomic E-state index is 10.3. The summed E-state index contributed by atoms with van der Waals surface area (Å²) in [5, 5.41) is 0. The molecule has 0 saturated carbocycles. The van der Waals surface area contributed by atoms with Crippen LogP contribution in [0.1, 0.15) is 0 Å². The second kappa shape index (κ2) is 8.81. The van der Waals surface area contributed by atoms with E-state index in [0.29, 0.717) is 0 Å². The van der Waals surface area contributed by atoms with Gasteiger partial charge in [-0.3, -0.25) is 0 Å². The van der Waals surface area contributed by atoms with Crippen molar-refractivity contribution in [1.29, 1.82) is 0 Å². The van der Waals surface area contributed by atoms with Gasteiger partial charge in [0.15, 0.2) is 7.14 Å². The lowest BCUT2D eigenvalue weighted by molar-refractivity contribution is -0.597. The fraction of sp³-hybridized carbons (Fsp3) is 0. The fourth-order valence-corrected chi connectivity index (χ4v) is 4.43. The predicted molar refractivity (Wildman–Crippen MR) is 84.7 cm³/mol. The third-order valence-electron chi connectivity index (χ3n) is 2.72. The molecule has 0 saturated heterocycles. The van der Waals surface area contributed by atoms with Crippen LogP contribution in [0, 0.1) is 7.14 Å². The average molecular weight is 438 g/mol. The van der Waals surface area contributed by atoms with Crippen molar-refractivity contribution in [2.45, 2.75) is 4.90 Å². The van der Waals surface area contributed by atoms with Crippen molar-refractivity contribution in [2.24, 2.45) is 0 Å². The summed E-state index contributed by atoms with van der Waals surface area (Å²) in [4.78, 5) is -0.185. The predicted octanol–water partition coefficient (Wildman–Crippen LogP) is 0.406. The lowest BCUT2D eigenvalue weighted by Crippen LogP contribution is -3.61. The van der Waals surface area contributed by atoms with Crippen molar-refractivity contribution in [3.05, 3.63) is 98.1 Å². The third-order valence-corrected chi connectivity index (χ3v) is 6.25. The molecule has 0 aliphatic rings. The molecule has 3 aromatic rings. The van der Waals surface area contributed by atoms with Crippen molar-refractivity contribution in [3.8, 4) is 0 Å². The minimum atomic E-state index is -4.25. The van der Waals surface area contributed by atoms with Crippen LogP contribution in [0.3, 0.4) is 0 Å². The summed E-state index contributed by atoms with van der Waals surface area (Å²) >= 11 is 0.0287. The summed E-state index contributed by atoms with van der Waals surface area (Å²) in [5.41, 5.74) is 0. The molecule has 3 aromatic carbocycles. The van der Waals surface area contributed by atoms with E-state index in [1.807, 2.05) is 0 Å². The van der Waals surface area contributed by atoms with Crippen LogP contribution in [0.5, 0.6) is 0 Å². The van der Waals surface area contributed by atoms with E-state index >= 15 is 0 Å². The van der Waals surface area contributed by atoms with Crippen LogP contribution in [0.4, 0.5) is 0 Å². The Hall–Kier alpha value is -1.70. The highest BCUT2D eigenvalue weighted by molar-refractivity contribution is 7.85. The number of hydrogen-bond acceptors (Lipinski definition) is 3. The molecule has 3 nitrogen and oxygen atoms in total. The van der Waals surface area contributed by atoms with Crippen LogP contribution in [0.15, 0.2) is 95.9 Å². The summed E-state index contributed by atoms with van der Waals surface area (Å²) in [7, 11) is -4.25. The monoisotopic (exact) mass is 438 g/mol. The summed E-state index contributed by atoms with van der Waals surface area (Å²) in [6, 6.07) is 28.6. The lowest BCUT2D eigenvalue weighted by Gasteiger charge is -2.04. The Balaban J connectivity index is 0.000000174. The van der Waals surface area contributed by atoms with Crippen LogP contribution in [-0.4, -0.2) is 13.0 Å². The topological polar surface area (TPSA) is 57.2 Å². The molecule has 0 aliphatic carbocycles. The van der Waals surface area contributed by atoms with Gasteiger partial charge in [-0.15, -0.1) is 0 Å². The van der Waals surface area contributed by atoms with E-state index < -0.39 is 10.1 Å². The highest BCUT2D eigenvalue weighted by atomic mass is 127. The molecular weight excluding hydrogens is 423 g/mol. The summed E-state index contributed by atoms with van der Waals surface area (Å²) in [5.74, 6) is 0. The largest absolute Gasteiger partial charge is 0.744 e. The molecule has 0 N–H and O–H groups in total. The maximum atomic E-state index is 10.3. The molecule has 3 rings (SSSR count). The fourth-order valence-electron chi connectivity index (χ4n) is 1.67. The van der Waals surface area contributed by atoms with Gasteiger partial charge in [-0.1, -0.05) is 54.6 Å². The number of benzene rings is 3. The molecule has 0 spiro atoms. The standard InChI is InChI=1S/C12H10I.C6H6O3S/c1-3-7-11(8-4-1)13-12-9-5-2-6-10-12;7-10(8,9)6-4-2-1-3-5-6/h1-10H;1-5H,(H,7,8,9)/q+1;/p-1. The molecule has 0 aromatic heterocycles. The molecule has 0 radical (unpaired) electrons. The normalized spacial score (nSPS) is 10.5. The molecule has 0 heterocycles. The average Bonchev–Trinajstić information content (AvgIpc) is 2.57. The lowest BCUT2D eigenvalue weighted by atomic mass is 10.4. The first-order valence-electron chi connectivity index (χ1n) is 6.81. The number of rotatable bonds is 3. The number of hydrogen-bond donors (Lipinski definition) is 0. The summed E-state index contributed by atoms with van der Waals surface area (Å²) in [6.07, 6.45) is 0. The van der Waals surface area contributed by atoms with E-state index in [1.54, 1.807) is 6.07 Å². The Labute approximate surface area is 147 Å². The Morgan fingerprint density at radius 2 is 0.957 bits per heavy atom. The Kier molecular flexibility index (Phi) is 6.76. The zero-order valence-corrected chi connectivity index (χ0v) is 15.1. The molecule has 0 unspecified atom stereocenters. The van der Waals surface area contributed by atoms with Crippen LogP contribution >= 0.6 is 0 Å². The second-order valence-corrected chi connectivity index (χ2v) is 8.86. The molecule has 23 heavy (non-hydrogen) atoms. The van der Waals surface area contributed by atoms with Crippen LogP contribution in [-0.2, 0) is 10.1 Å². The van der Waals surface area contributed by atoms with Gasteiger partial charge in [-0.2, -0.15) is 0 Å². The van der Waals surface area contributed by atoms with Crippen molar-refractivity contribution in [2.75, 3.05) is 0 Å². The van der Waals surface area contributed by atoms with Gasteiger partial charge < -0.3 is 4.55 Å². The van der Waals surface area contributed by atoms with Gasteiger partial charge in [-0.05, 0) is 36.4 Å². The number of halogens is 1. The van der Waals surface area contributed by atoms with E-state index in [-0.39, 0.29) is 26.1 Å². The second-order valence-electron chi connectivity index (χ2n) is 4.45. The maximum Gasteiger partial charge on any atom is 0.357 e. The molecular formula is C18H15IO3S. The van der Waals surface area contributed by atoms with Crippen molar-refractivity contribution < 1.29 is 34.2 Å². The van der Waals surface area contributed by atoms with E-state index in [1.165, 1.54) is 31.4 Å². The van der Waals surface area contributed by atoms with Gasteiger partial charge in [0.1, 0.15) is 10.1 Å². The SMILES string of the molecule is O=S(=O)([O-])c1ccccc1.c1ccc([I+]c2ccccc2)cc1. The van der Waals surface area contributed by atoms with Gasteiger partial charge >= 0.3 is 21.2 Å². The quantitative estimate of drug-likeness (QED) is 0.440. The Morgan fingerprint density at radius 3 is 1.26 bits per heavy atom. The summed E-state index contributed by atoms with van der Waals surface area (Å²) in [6.45, 7) is 0. The molecule has 5 heteroatoms. The molecule has 0 aliphatic heterocycles. The molecule has 0 atom stereocenters. The first kappa shape index (κ1) is 17.7. The molecule has 118 valence electrons. The Morgan fingerprint density at radius 1 is 0.609 bits per heavy atom. The van der Waals surface area contributed by atoms with Gasteiger partial charge in [-0.25, -0.2) is 8.42 Å². The van der Waals surface area contributed by atoms with Crippen LogP contribution in [0.2, 0.25) is 0 Å².